The highest BCUT2D eigenvalue weighted by Crippen LogP contribution is 2.29. The number of ether oxygens (including phenoxy) is 1. The van der Waals surface area contributed by atoms with Crippen LogP contribution in [0.15, 0.2) is 16.7 Å². The maximum Gasteiger partial charge on any atom is 0.341 e. The summed E-state index contributed by atoms with van der Waals surface area (Å²) in [6, 6.07) is 1.64. The van der Waals surface area contributed by atoms with Gasteiger partial charge in [0.2, 0.25) is 0 Å². The maximum absolute atomic E-state index is 12.0. The van der Waals surface area contributed by atoms with Crippen molar-refractivity contribution in [1.29, 1.82) is 0 Å². The summed E-state index contributed by atoms with van der Waals surface area (Å²) in [6.45, 7) is 2.73. The van der Waals surface area contributed by atoms with Gasteiger partial charge in [-0.1, -0.05) is 31.4 Å². The van der Waals surface area contributed by atoms with Crippen LogP contribution in [-0.2, 0) is 4.74 Å². The summed E-state index contributed by atoms with van der Waals surface area (Å²) in [5.41, 5.74) is 0.319. The Morgan fingerprint density at radius 2 is 2.37 bits per heavy atom. The topological polar surface area (TPSA) is 39.2 Å². The van der Waals surface area contributed by atoms with Crippen LogP contribution in [-0.4, -0.2) is 17.6 Å². The molecule has 1 fully saturated rings. The molecule has 0 radical (unpaired) electrons. The SMILES string of the molecule is CC1CCCC(COC(=O)c2cc(Br)cnc2Cl)C1. The molecule has 2 unspecified atom stereocenters. The van der Waals surface area contributed by atoms with Crippen molar-refractivity contribution in [3.05, 3.63) is 27.5 Å². The molecule has 19 heavy (non-hydrogen) atoms. The minimum atomic E-state index is -0.392. The number of rotatable bonds is 3. The van der Waals surface area contributed by atoms with Gasteiger partial charge in [-0.25, -0.2) is 9.78 Å². The van der Waals surface area contributed by atoms with Crippen molar-refractivity contribution in [2.24, 2.45) is 11.8 Å². The summed E-state index contributed by atoms with van der Waals surface area (Å²) < 4.78 is 6.09. The zero-order valence-electron chi connectivity index (χ0n) is 10.9. The monoisotopic (exact) mass is 345 g/mol. The molecule has 104 valence electrons. The van der Waals surface area contributed by atoms with Gasteiger partial charge in [-0.3, -0.25) is 0 Å². The number of aromatic nitrogens is 1. The second kappa shape index (κ2) is 6.71. The van der Waals surface area contributed by atoms with Gasteiger partial charge in [0.15, 0.2) is 0 Å². The van der Waals surface area contributed by atoms with Crippen LogP contribution in [0.4, 0.5) is 0 Å². The fourth-order valence-electron chi connectivity index (χ4n) is 2.55. The maximum atomic E-state index is 12.0. The van der Waals surface area contributed by atoms with Crippen LogP contribution in [0.5, 0.6) is 0 Å². The van der Waals surface area contributed by atoms with E-state index < -0.39 is 5.97 Å². The summed E-state index contributed by atoms with van der Waals surface area (Å²) in [5, 5.41) is 0.185. The molecule has 1 heterocycles. The largest absolute Gasteiger partial charge is 0.462 e. The third kappa shape index (κ3) is 4.18. The van der Waals surface area contributed by atoms with Crippen molar-refractivity contribution in [2.75, 3.05) is 6.61 Å². The van der Waals surface area contributed by atoms with Gasteiger partial charge in [0.25, 0.3) is 0 Å². The zero-order chi connectivity index (χ0) is 13.8. The zero-order valence-corrected chi connectivity index (χ0v) is 13.2. The van der Waals surface area contributed by atoms with Crippen molar-refractivity contribution >= 4 is 33.5 Å². The Morgan fingerprint density at radius 1 is 1.58 bits per heavy atom. The molecule has 0 saturated heterocycles. The first-order valence-electron chi connectivity index (χ1n) is 6.54. The van der Waals surface area contributed by atoms with Crippen LogP contribution in [0, 0.1) is 11.8 Å². The third-order valence-electron chi connectivity index (χ3n) is 3.52. The van der Waals surface area contributed by atoms with Gasteiger partial charge in [-0.15, -0.1) is 0 Å². The van der Waals surface area contributed by atoms with Crippen LogP contribution in [0.2, 0.25) is 5.15 Å². The highest BCUT2D eigenvalue weighted by Gasteiger charge is 2.21. The first kappa shape index (κ1) is 14.8. The molecule has 0 N–H and O–H groups in total. The Bertz CT molecular complexity index is 467. The van der Waals surface area contributed by atoms with Crippen LogP contribution in [0.25, 0.3) is 0 Å². The van der Waals surface area contributed by atoms with Crippen molar-refractivity contribution in [2.45, 2.75) is 32.6 Å². The van der Waals surface area contributed by atoms with E-state index in [0.717, 1.165) is 23.2 Å². The lowest BCUT2D eigenvalue weighted by Crippen LogP contribution is -2.20. The highest BCUT2D eigenvalue weighted by molar-refractivity contribution is 9.10. The summed E-state index contributed by atoms with van der Waals surface area (Å²) in [4.78, 5) is 15.9. The van der Waals surface area contributed by atoms with Gasteiger partial charge in [0.1, 0.15) is 5.15 Å². The van der Waals surface area contributed by atoms with E-state index in [1.54, 1.807) is 12.3 Å². The Hall–Kier alpha value is -0.610. The molecule has 5 heteroatoms. The summed E-state index contributed by atoms with van der Waals surface area (Å²) in [7, 11) is 0. The van der Waals surface area contributed by atoms with E-state index in [1.165, 1.54) is 12.8 Å². The second-order valence-corrected chi connectivity index (χ2v) is 6.50. The van der Waals surface area contributed by atoms with Crippen LogP contribution in [0.3, 0.4) is 0 Å². The van der Waals surface area contributed by atoms with Gasteiger partial charge < -0.3 is 4.74 Å². The Labute approximate surface area is 126 Å². The van der Waals surface area contributed by atoms with E-state index in [-0.39, 0.29) is 5.15 Å². The van der Waals surface area contributed by atoms with Crippen molar-refractivity contribution in [3.8, 4) is 0 Å². The molecule has 1 aromatic rings. The highest BCUT2D eigenvalue weighted by atomic mass is 79.9. The molecule has 3 nitrogen and oxygen atoms in total. The molecule has 1 aliphatic carbocycles. The molecule has 1 saturated carbocycles. The lowest BCUT2D eigenvalue weighted by atomic mass is 9.83. The van der Waals surface area contributed by atoms with E-state index in [1.807, 2.05) is 0 Å². The van der Waals surface area contributed by atoms with E-state index in [2.05, 4.69) is 27.8 Å². The quantitative estimate of drug-likeness (QED) is 0.598. The molecule has 0 spiro atoms. The molecule has 1 aromatic heterocycles. The number of pyridine rings is 1. The normalized spacial score (nSPS) is 23.1. The average Bonchev–Trinajstić information content (AvgIpc) is 2.39. The molecule has 1 aliphatic rings. The number of esters is 1. The van der Waals surface area contributed by atoms with E-state index in [4.69, 9.17) is 16.3 Å². The number of hydrogen-bond acceptors (Lipinski definition) is 3. The molecule has 0 amide bonds. The van der Waals surface area contributed by atoms with Gasteiger partial charge in [0.05, 0.1) is 12.2 Å². The molecule has 2 rings (SSSR count). The second-order valence-electron chi connectivity index (χ2n) is 5.23. The standard InChI is InChI=1S/C14H17BrClNO2/c1-9-3-2-4-10(5-9)8-19-14(18)12-6-11(15)7-17-13(12)16/h6-7,9-10H,2-5,8H2,1H3. The van der Waals surface area contributed by atoms with Crippen molar-refractivity contribution in [1.82, 2.24) is 4.98 Å². The lowest BCUT2D eigenvalue weighted by molar-refractivity contribution is 0.0390. The molecular weight excluding hydrogens is 330 g/mol. The van der Waals surface area contributed by atoms with Gasteiger partial charge in [-0.2, -0.15) is 0 Å². The van der Waals surface area contributed by atoms with Crippen LogP contribution in [0.1, 0.15) is 43.0 Å². The van der Waals surface area contributed by atoms with Crippen molar-refractivity contribution < 1.29 is 9.53 Å². The third-order valence-corrected chi connectivity index (χ3v) is 4.26. The van der Waals surface area contributed by atoms with Gasteiger partial charge in [0, 0.05) is 10.7 Å². The smallest absolute Gasteiger partial charge is 0.341 e. The molecule has 0 aromatic carbocycles. The predicted molar refractivity (Wildman–Crippen MR) is 78.4 cm³/mol. The summed E-state index contributed by atoms with van der Waals surface area (Å²) in [6.07, 6.45) is 6.34. The first-order valence-corrected chi connectivity index (χ1v) is 7.71. The predicted octanol–water partition coefficient (Wildman–Crippen LogP) is 4.48. The van der Waals surface area contributed by atoms with Gasteiger partial charge >= 0.3 is 5.97 Å². The molecule has 0 bridgehead atoms. The number of halogens is 2. The van der Waals surface area contributed by atoms with Crippen molar-refractivity contribution in [3.63, 3.8) is 0 Å². The van der Waals surface area contributed by atoms with Crippen LogP contribution >= 0.6 is 27.5 Å². The molecule has 0 aliphatic heterocycles. The summed E-state index contributed by atoms with van der Waals surface area (Å²) in [5.74, 6) is 0.817. The van der Waals surface area contributed by atoms with Gasteiger partial charge in [-0.05, 0) is 46.7 Å². The first-order chi connectivity index (χ1) is 9.06. The van der Waals surface area contributed by atoms with Crippen LogP contribution < -0.4 is 0 Å². The fraction of sp³-hybridized carbons (Fsp3) is 0.571. The lowest BCUT2D eigenvalue weighted by Gasteiger charge is -2.26. The average molecular weight is 347 g/mol. The summed E-state index contributed by atoms with van der Waals surface area (Å²) >= 11 is 9.17. The number of carbonyl (C=O) groups is 1. The number of hydrogen-bond donors (Lipinski definition) is 0. The van der Waals surface area contributed by atoms with E-state index >= 15 is 0 Å². The Balaban J connectivity index is 1.92. The number of carbonyl (C=O) groups excluding carboxylic acids is 1. The Morgan fingerprint density at radius 3 is 3.11 bits per heavy atom. The minimum Gasteiger partial charge on any atom is -0.462 e. The number of nitrogens with zero attached hydrogens (tertiary/aromatic N) is 1. The van der Waals surface area contributed by atoms with E-state index in [0.29, 0.717) is 18.1 Å². The minimum absolute atomic E-state index is 0.185. The molecule has 2 atom stereocenters. The Kier molecular flexibility index (Phi) is 5.22. The fourth-order valence-corrected chi connectivity index (χ4v) is 3.06. The molecular formula is C14H17BrClNO2. The van der Waals surface area contributed by atoms with E-state index in [9.17, 15) is 4.79 Å².